The number of carbonyl (C=O) groups is 2. The molecule has 0 aromatic heterocycles. The Hall–Kier alpha value is -3.88. The molecule has 10 heteroatoms. The minimum atomic E-state index is -0.896. The summed E-state index contributed by atoms with van der Waals surface area (Å²) in [4.78, 5) is 30.3. The molecule has 0 saturated carbocycles. The Labute approximate surface area is 236 Å². The molecule has 204 valence electrons. The van der Waals surface area contributed by atoms with Crippen LogP contribution in [0.3, 0.4) is 0 Å². The number of rotatable bonds is 8. The fourth-order valence-corrected chi connectivity index (χ4v) is 5.25. The molecule has 1 aliphatic rings. The summed E-state index contributed by atoms with van der Waals surface area (Å²) in [6, 6.07) is 15.1. The van der Waals surface area contributed by atoms with E-state index in [4.69, 9.17) is 37.4 Å². The number of likely N-dealkylation sites (tertiary alicyclic amines) is 1. The van der Waals surface area contributed by atoms with Gasteiger partial charge in [0, 0.05) is 26.3 Å². The first-order valence-electron chi connectivity index (χ1n) is 11.9. The van der Waals surface area contributed by atoms with Crippen molar-refractivity contribution in [2.24, 2.45) is 0 Å². The van der Waals surface area contributed by atoms with Crippen LogP contribution in [0.15, 0.2) is 60.2 Å². The van der Waals surface area contributed by atoms with Crippen molar-refractivity contribution in [3.05, 3.63) is 86.9 Å². The number of aliphatic hydroxyl groups excluding tert-OH is 1. The summed E-state index contributed by atoms with van der Waals surface area (Å²) in [7, 11) is 8.15. The van der Waals surface area contributed by atoms with Crippen LogP contribution in [0.4, 0.5) is 5.69 Å². The molecule has 1 N–H and O–H groups in total. The zero-order valence-electron chi connectivity index (χ0n) is 22.1. The van der Waals surface area contributed by atoms with Crippen LogP contribution in [-0.2, 0) is 16.1 Å². The van der Waals surface area contributed by atoms with E-state index in [0.717, 1.165) is 11.3 Å². The molecule has 1 saturated heterocycles. The van der Waals surface area contributed by atoms with Gasteiger partial charge in [-0.25, -0.2) is 0 Å². The Morgan fingerprint density at radius 1 is 0.923 bits per heavy atom. The summed E-state index contributed by atoms with van der Waals surface area (Å²) in [5.41, 5.74) is 2.30. The Morgan fingerprint density at radius 2 is 1.54 bits per heavy atom. The normalized spacial score (nSPS) is 16.4. The van der Waals surface area contributed by atoms with Crippen molar-refractivity contribution in [1.29, 1.82) is 0 Å². The van der Waals surface area contributed by atoms with Crippen molar-refractivity contribution in [3.63, 3.8) is 0 Å². The fourth-order valence-electron chi connectivity index (χ4n) is 4.56. The number of Topliss-reactive ketones (excluding diaryl/α,β-unsaturated/α-hetero) is 1. The number of hydrogen-bond acceptors (Lipinski definition) is 7. The number of halogens is 2. The van der Waals surface area contributed by atoms with Crippen molar-refractivity contribution in [2.75, 3.05) is 40.3 Å². The molecule has 3 aromatic rings. The van der Waals surface area contributed by atoms with Gasteiger partial charge >= 0.3 is 0 Å². The lowest BCUT2D eigenvalue weighted by Crippen LogP contribution is -2.29. The van der Waals surface area contributed by atoms with Gasteiger partial charge in [-0.1, -0.05) is 47.5 Å². The van der Waals surface area contributed by atoms with Crippen LogP contribution in [0.1, 0.15) is 22.7 Å². The second-order valence-electron chi connectivity index (χ2n) is 9.05. The van der Waals surface area contributed by atoms with Crippen LogP contribution in [-0.4, -0.2) is 57.1 Å². The summed E-state index contributed by atoms with van der Waals surface area (Å²) in [6.07, 6.45) is 0. The minimum Gasteiger partial charge on any atom is -0.507 e. The molecular weight excluding hydrogens is 543 g/mol. The van der Waals surface area contributed by atoms with E-state index in [1.54, 1.807) is 19.2 Å². The maximum Gasteiger partial charge on any atom is 0.295 e. The third kappa shape index (κ3) is 5.22. The third-order valence-corrected chi connectivity index (χ3v) is 7.20. The molecule has 0 aliphatic carbocycles. The summed E-state index contributed by atoms with van der Waals surface area (Å²) >= 11 is 12.8. The summed E-state index contributed by atoms with van der Waals surface area (Å²) < 4.78 is 15.9. The number of carbonyl (C=O) groups excluding carboxylic acids is 2. The monoisotopic (exact) mass is 570 g/mol. The smallest absolute Gasteiger partial charge is 0.295 e. The number of hydrogen-bond donors (Lipinski definition) is 1. The number of amides is 1. The van der Waals surface area contributed by atoms with E-state index in [-0.39, 0.29) is 39.2 Å². The number of ether oxygens (including phenoxy) is 3. The van der Waals surface area contributed by atoms with Crippen molar-refractivity contribution >= 4 is 46.3 Å². The lowest BCUT2D eigenvalue weighted by Gasteiger charge is -2.26. The number of anilines is 1. The molecule has 0 bridgehead atoms. The number of benzene rings is 3. The van der Waals surface area contributed by atoms with Crippen molar-refractivity contribution in [3.8, 4) is 17.2 Å². The minimum absolute atomic E-state index is 0.0217. The van der Waals surface area contributed by atoms with Crippen LogP contribution in [0.25, 0.3) is 5.76 Å². The molecule has 8 nitrogen and oxygen atoms in total. The van der Waals surface area contributed by atoms with Crippen LogP contribution < -0.4 is 19.1 Å². The van der Waals surface area contributed by atoms with E-state index in [9.17, 15) is 14.7 Å². The van der Waals surface area contributed by atoms with Crippen LogP contribution >= 0.6 is 23.2 Å². The average molecular weight is 571 g/mol. The molecule has 1 fully saturated rings. The SMILES string of the molecule is COc1ccc(CN2C(=O)C(=O)/C(=C(/O)c3cc(Cl)c(OC)c(Cl)c3OC)C2c2ccc(N(C)C)cc2)cc1. The van der Waals surface area contributed by atoms with Gasteiger partial charge in [0.15, 0.2) is 11.5 Å². The highest BCUT2D eigenvalue weighted by molar-refractivity contribution is 6.47. The van der Waals surface area contributed by atoms with Crippen molar-refractivity contribution in [2.45, 2.75) is 12.6 Å². The van der Waals surface area contributed by atoms with E-state index < -0.39 is 23.5 Å². The molecule has 1 aliphatic heterocycles. The number of nitrogens with zero attached hydrogens (tertiary/aromatic N) is 2. The first-order valence-corrected chi connectivity index (χ1v) is 12.7. The highest BCUT2D eigenvalue weighted by atomic mass is 35.5. The molecule has 1 atom stereocenters. The molecule has 1 unspecified atom stereocenters. The zero-order chi connectivity index (χ0) is 28.4. The van der Waals surface area contributed by atoms with E-state index in [1.807, 2.05) is 55.4 Å². The maximum atomic E-state index is 13.5. The standard InChI is InChI=1S/C29H28Cl2N2O6/c1-32(2)18-10-8-17(9-11-18)24-22(25(34)20-14-21(30)28(39-5)23(31)27(20)38-4)26(35)29(36)33(24)15-16-6-12-19(37-3)13-7-16/h6-14,24,34H,15H2,1-5H3/b25-22+. The highest BCUT2D eigenvalue weighted by Gasteiger charge is 2.46. The molecule has 1 heterocycles. The van der Waals surface area contributed by atoms with Crippen LogP contribution in [0.2, 0.25) is 10.0 Å². The highest BCUT2D eigenvalue weighted by Crippen LogP contribution is 2.47. The quantitative estimate of drug-likeness (QED) is 0.211. The Morgan fingerprint density at radius 3 is 2.08 bits per heavy atom. The van der Waals surface area contributed by atoms with Crippen molar-refractivity contribution in [1.82, 2.24) is 4.90 Å². The predicted molar refractivity (Wildman–Crippen MR) is 151 cm³/mol. The van der Waals surface area contributed by atoms with Crippen molar-refractivity contribution < 1.29 is 28.9 Å². The van der Waals surface area contributed by atoms with Gasteiger partial charge in [-0.05, 0) is 41.5 Å². The fraction of sp³-hybridized carbons (Fsp3) is 0.241. The second kappa shape index (κ2) is 11.5. The van der Waals surface area contributed by atoms with Crippen LogP contribution in [0.5, 0.6) is 17.2 Å². The second-order valence-corrected chi connectivity index (χ2v) is 9.83. The number of aliphatic hydroxyl groups is 1. The van der Waals surface area contributed by atoms with Gasteiger partial charge in [0.1, 0.15) is 16.5 Å². The largest absolute Gasteiger partial charge is 0.507 e. The Bertz CT molecular complexity index is 1440. The van der Waals surface area contributed by atoms with Gasteiger partial charge in [-0.15, -0.1) is 0 Å². The zero-order valence-corrected chi connectivity index (χ0v) is 23.6. The van der Waals surface area contributed by atoms with E-state index in [0.29, 0.717) is 11.3 Å². The molecule has 39 heavy (non-hydrogen) atoms. The third-order valence-electron chi connectivity index (χ3n) is 6.57. The van der Waals surface area contributed by atoms with E-state index >= 15 is 0 Å². The summed E-state index contributed by atoms with van der Waals surface area (Å²) in [5.74, 6) is -1.18. The lowest BCUT2D eigenvalue weighted by atomic mass is 9.94. The number of ketones is 1. The summed E-state index contributed by atoms with van der Waals surface area (Å²) in [5, 5.41) is 11.7. The maximum absolute atomic E-state index is 13.5. The van der Waals surface area contributed by atoms with E-state index in [1.165, 1.54) is 25.2 Å². The molecule has 1 amide bonds. The molecule has 4 rings (SSSR count). The number of methoxy groups -OCH3 is 3. The molecule has 0 spiro atoms. The van der Waals surface area contributed by atoms with Gasteiger partial charge in [-0.3, -0.25) is 9.59 Å². The van der Waals surface area contributed by atoms with Gasteiger partial charge < -0.3 is 29.1 Å². The molecular formula is C29H28Cl2N2O6. The first-order chi connectivity index (χ1) is 18.6. The average Bonchev–Trinajstić information content (AvgIpc) is 3.18. The predicted octanol–water partition coefficient (Wildman–Crippen LogP) is 5.71. The first kappa shape index (κ1) is 28.1. The Balaban J connectivity index is 1.91. The van der Waals surface area contributed by atoms with Gasteiger partial charge in [0.25, 0.3) is 11.7 Å². The topological polar surface area (TPSA) is 88.5 Å². The van der Waals surface area contributed by atoms with Crippen LogP contribution in [0, 0.1) is 0 Å². The van der Waals surface area contributed by atoms with Gasteiger partial charge in [0.2, 0.25) is 0 Å². The molecule has 0 radical (unpaired) electrons. The molecule has 3 aromatic carbocycles. The van der Waals surface area contributed by atoms with Gasteiger partial charge in [-0.2, -0.15) is 0 Å². The lowest BCUT2D eigenvalue weighted by molar-refractivity contribution is -0.140. The van der Waals surface area contributed by atoms with E-state index in [2.05, 4.69) is 0 Å². The van der Waals surface area contributed by atoms with Gasteiger partial charge in [0.05, 0.1) is 43.5 Å². The summed E-state index contributed by atoms with van der Waals surface area (Å²) in [6.45, 7) is 0.118. The Kier molecular flexibility index (Phi) is 8.28.